The number of ether oxygens (including phenoxy) is 4. The fourth-order valence-electron chi connectivity index (χ4n) is 13.8. The summed E-state index contributed by atoms with van der Waals surface area (Å²) >= 11 is 0. The van der Waals surface area contributed by atoms with Gasteiger partial charge in [-0.3, -0.25) is 14.4 Å². The van der Waals surface area contributed by atoms with Crippen molar-refractivity contribution in [3.8, 4) is 0 Å². The van der Waals surface area contributed by atoms with Crippen molar-refractivity contribution in [3.05, 3.63) is 12.2 Å². The molecule has 1 N–H and O–H groups in total. The molecule has 9 heteroatoms. The smallest absolute Gasteiger partial charge is 0.481 e. The number of hydrogen-bond donors (Lipinski definition) is 1. The quantitative estimate of drug-likeness (QED) is 0.0949. The van der Waals surface area contributed by atoms with Gasteiger partial charge in [0.2, 0.25) is 6.79 Å². The van der Waals surface area contributed by atoms with E-state index in [0.717, 1.165) is 57.8 Å². The van der Waals surface area contributed by atoms with E-state index in [9.17, 15) is 24.3 Å². The average Bonchev–Trinajstić information content (AvgIpc) is 3.40. The zero-order valence-electron chi connectivity index (χ0n) is 35.5. The van der Waals surface area contributed by atoms with Crippen molar-refractivity contribution in [2.24, 2.45) is 62.1 Å². The van der Waals surface area contributed by atoms with Crippen molar-refractivity contribution in [2.45, 2.75) is 178 Å². The number of aliphatic carboxylic acids is 1. The second-order valence-corrected chi connectivity index (χ2v) is 21.5. The van der Waals surface area contributed by atoms with Gasteiger partial charge < -0.3 is 24.1 Å². The first-order chi connectivity index (χ1) is 24.8. The first-order valence-corrected chi connectivity index (χ1v) is 20.9. The molecular weight excluding hydrogens is 684 g/mol. The lowest BCUT2D eigenvalue weighted by Gasteiger charge is -2.73. The molecule has 0 unspecified atom stereocenters. The van der Waals surface area contributed by atoms with E-state index in [0.29, 0.717) is 36.0 Å². The van der Waals surface area contributed by atoms with Crippen molar-refractivity contribution in [2.75, 3.05) is 6.79 Å². The highest BCUT2D eigenvalue weighted by Gasteiger charge is 2.71. The second-order valence-electron chi connectivity index (χ2n) is 21.5. The first kappa shape index (κ1) is 42.6. The van der Waals surface area contributed by atoms with Crippen LogP contribution in [0.2, 0.25) is 0 Å². The zero-order valence-corrected chi connectivity index (χ0v) is 35.5. The third-order valence-corrected chi connectivity index (χ3v) is 16.3. The Bertz CT molecular complexity index is 1470. The highest BCUT2D eigenvalue weighted by molar-refractivity contribution is 5.73. The van der Waals surface area contributed by atoms with Crippen LogP contribution in [0.1, 0.15) is 166 Å². The Morgan fingerprint density at radius 3 is 2.07 bits per heavy atom. The Labute approximate surface area is 325 Å². The summed E-state index contributed by atoms with van der Waals surface area (Å²) in [6.07, 6.45) is 11.1. The van der Waals surface area contributed by atoms with Crippen LogP contribution in [0.5, 0.6) is 0 Å². The second kappa shape index (κ2) is 14.7. The van der Waals surface area contributed by atoms with E-state index < -0.39 is 29.9 Å². The van der Waals surface area contributed by atoms with Gasteiger partial charge in [-0.1, -0.05) is 60.6 Å². The molecule has 0 radical (unpaired) electrons. The molecule has 306 valence electrons. The van der Waals surface area contributed by atoms with Crippen LogP contribution in [0.4, 0.5) is 4.79 Å². The van der Waals surface area contributed by atoms with Crippen LogP contribution in [0.25, 0.3) is 0 Å². The minimum Gasteiger partial charge on any atom is -0.481 e. The molecule has 5 saturated carbocycles. The van der Waals surface area contributed by atoms with E-state index in [1.165, 1.54) is 18.4 Å². The van der Waals surface area contributed by atoms with Crippen LogP contribution in [-0.4, -0.2) is 47.7 Å². The maximum absolute atomic E-state index is 13.2. The van der Waals surface area contributed by atoms with Crippen LogP contribution in [0.15, 0.2) is 12.2 Å². The van der Waals surface area contributed by atoms with E-state index in [-0.39, 0.29) is 58.0 Å². The van der Waals surface area contributed by atoms with Crippen LogP contribution in [0.3, 0.4) is 0 Å². The Kier molecular flexibility index (Phi) is 11.6. The predicted octanol–water partition coefficient (Wildman–Crippen LogP) is 10.7. The van der Waals surface area contributed by atoms with Crippen molar-refractivity contribution in [3.63, 3.8) is 0 Å². The summed E-state index contributed by atoms with van der Waals surface area (Å²) in [5.41, 5.74) is 0.239. The van der Waals surface area contributed by atoms with E-state index in [2.05, 4.69) is 48.1 Å². The Hall–Kier alpha value is -2.58. The number of hydrogen-bond acceptors (Lipinski definition) is 8. The van der Waals surface area contributed by atoms with Crippen molar-refractivity contribution >= 4 is 24.1 Å². The highest BCUT2D eigenvalue weighted by atomic mass is 16.8. The minimum absolute atomic E-state index is 0.0616. The number of esters is 2. The van der Waals surface area contributed by atoms with Crippen molar-refractivity contribution in [1.82, 2.24) is 0 Å². The summed E-state index contributed by atoms with van der Waals surface area (Å²) < 4.78 is 21.8. The predicted molar refractivity (Wildman–Crippen MR) is 207 cm³/mol. The Morgan fingerprint density at radius 1 is 0.759 bits per heavy atom. The van der Waals surface area contributed by atoms with Gasteiger partial charge in [-0.15, -0.1) is 0 Å². The molecule has 5 aliphatic rings. The molecule has 0 aromatic carbocycles. The molecule has 0 aliphatic heterocycles. The fraction of sp³-hybridized carbons (Fsp3) is 0.867. The minimum atomic E-state index is -0.897. The lowest BCUT2D eigenvalue weighted by atomic mass is 9.32. The third-order valence-electron chi connectivity index (χ3n) is 16.3. The topological polar surface area (TPSA) is 125 Å². The van der Waals surface area contributed by atoms with E-state index in [4.69, 9.17) is 18.9 Å². The zero-order chi connectivity index (χ0) is 40.3. The Morgan fingerprint density at radius 2 is 1.44 bits per heavy atom. The highest BCUT2D eigenvalue weighted by Crippen LogP contribution is 2.78. The molecule has 5 rings (SSSR count). The molecule has 0 bridgehead atoms. The van der Waals surface area contributed by atoms with Crippen molar-refractivity contribution in [1.29, 1.82) is 0 Å². The summed E-state index contributed by atoms with van der Waals surface area (Å²) in [6, 6.07) is 0. The molecule has 0 spiro atoms. The fourth-order valence-corrected chi connectivity index (χ4v) is 13.8. The van der Waals surface area contributed by atoms with Gasteiger partial charge in [0.1, 0.15) is 11.7 Å². The van der Waals surface area contributed by atoms with Gasteiger partial charge in [0.05, 0.1) is 12.8 Å². The number of rotatable bonds is 11. The molecule has 5 fully saturated rings. The maximum atomic E-state index is 13.2. The molecule has 9 nitrogen and oxygen atoms in total. The van der Waals surface area contributed by atoms with Gasteiger partial charge in [-0.2, -0.15) is 0 Å². The normalized spacial score (nSPS) is 38.4. The van der Waals surface area contributed by atoms with Crippen LogP contribution < -0.4 is 0 Å². The molecule has 54 heavy (non-hydrogen) atoms. The number of carboxylic acid groups (broad SMARTS) is 1. The molecule has 0 aromatic heterocycles. The van der Waals surface area contributed by atoms with Gasteiger partial charge >= 0.3 is 24.1 Å². The van der Waals surface area contributed by atoms with E-state index in [1.807, 2.05) is 13.8 Å². The number of fused-ring (bicyclic) bond motifs is 7. The lowest BCUT2D eigenvalue weighted by molar-refractivity contribution is -0.250. The van der Waals surface area contributed by atoms with Gasteiger partial charge in [-0.25, -0.2) is 4.79 Å². The van der Waals surface area contributed by atoms with Crippen LogP contribution in [-0.2, 0) is 33.3 Å². The number of carboxylic acids is 1. The van der Waals surface area contributed by atoms with Gasteiger partial charge in [0.15, 0.2) is 0 Å². The first-order valence-electron chi connectivity index (χ1n) is 20.9. The summed E-state index contributed by atoms with van der Waals surface area (Å²) in [7, 11) is 0. The number of allylic oxidation sites excluding steroid dienone is 1. The molecule has 0 saturated heterocycles. The molecule has 10 atom stereocenters. The molecule has 0 amide bonds. The largest absolute Gasteiger partial charge is 0.511 e. The van der Waals surface area contributed by atoms with Gasteiger partial charge in [0, 0.05) is 11.8 Å². The van der Waals surface area contributed by atoms with Crippen LogP contribution >= 0.6 is 0 Å². The summed E-state index contributed by atoms with van der Waals surface area (Å²) in [5, 5.41) is 9.34. The standard InChI is InChI=1S/C45H72O9/c1-28(2)29-15-21-45(22-18-35(48)51-27-52-38(50)54-39(3,4)5)24-23-43(11)30(37(29)45)13-14-32-42(10)19-17-33(41(8,9)31(42)16-20-44(32,43)12)53-36(49)26-40(6,7)25-34(46)47/h29-33,37H,1,13-27H2,2-12H3,(H,46,47)/t29-,30+,31-,32+,33-,37+,42-,43+,44+,45-/m0/s1. The van der Waals surface area contributed by atoms with E-state index >= 15 is 0 Å². The van der Waals surface area contributed by atoms with Crippen LogP contribution in [0, 0.1) is 62.1 Å². The molecular formula is C45H72O9. The summed E-state index contributed by atoms with van der Waals surface area (Å²) in [6.45, 7) is 27.6. The summed E-state index contributed by atoms with van der Waals surface area (Å²) in [5.74, 6) is 0.922. The average molecular weight is 757 g/mol. The third kappa shape index (κ3) is 7.86. The van der Waals surface area contributed by atoms with Gasteiger partial charge in [0.25, 0.3) is 0 Å². The Balaban J connectivity index is 1.30. The number of carbonyl (C=O) groups is 4. The van der Waals surface area contributed by atoms with E-state index in [1.54, 1.807) is 20.8 Å². The number of carbonyl (C=O) groups excluding carboxylic acids is 3. The SMILES string of the molecule is C=C(C)[C@@H]1CC[C@]2(CCC(=O)OCOC(=O)OC(C)(C)C)CC[C@]3(C)[C@H](CC[C@@H]4[C@@]5(C)CC[C@H](OC(=O)CC(C)(C)CC(=O)O)C(C)(C)[C@@H]5CC[C@]43C)[C@@H]12. The lowest BCUT2D eigenvalue weighted by Crippen LogP contribution is -2.66. The molecule has 0 aromatic rings. The monoisotopic (exact) mass is 757 g/mol. The van der Waals surface area contributed by atoms with Gasteiger partial charge in [-0.05, 0) is 155 Å². The maximum Gasteiger partial charge on any atom is 0.511 e. The molecule has 5 aliphatic carbocycles. The van der Waals surface area contributed by atoms with Crippen molar-refractivity contribution < 1.29 is 43.2 Å². The molecule has 0 heterocycles. The summed E-state index contributed by atoms with van der Waals surface area (Å²) in [4.78, 5) is 49.6.